The lowest BCUT2D eigenvalue weighted by Gasteiger charge is -2.35. The highest BCUT2D eigenvalue weighted by atomic mass is 16.5. The third-order valence-corrected chi connectivity index (χ3v) is 6.08. The van der Waals surface area contributed by atoms with Gasteiger partial charge in [-0.25, -0.2) is 9.69 Å². The highest BCUT2D eigenvalue weighted by Gasteiger charge is 2.48. The van der Waals surface area contributed by atoms with Gasteiger partial charge in [0.25, 0.3) is 5.91 Å². The lowest BCUT2D eigenvalue weighted by atomic mass is 10.1. The zero-order valence-electron chi connectivity index (χ0n) is 18.6. The minimum Gasteiger partial charge on any atom is -0.493 e. The van der Waals surface area contributed by atoms with E-state index < -0.39 is 6.04 Å². The van der Waals surface area contributed by atoms with Gasteiger partial charge >= 0.3 is 6.03 Å². The van der Waals surface area contributed by atoms with Crippen molar-refractivity contribution in [2.24, 2.45) is 0 Å². The van der Waals surface area contributed by atoms with E-state index in [4.69, 9.17) is 4.74 Å². The second kappa shape index (κ2) is 9.42. The van der Waals surface area contributed by atoms with Crippen molar-refractivity contribution in [2.45, 2.75) is 39.2 Å². The average molecular weight is 436 g/mol. The standard InChI is InChI=1S/C25H29N3O4/c1-18-11-12-19(2)22(16-18)32-15-7-6-10-23(29)26-13-14-27-21(17-26)24(30)28(25(27)31)20-8-4-3-5-9-20/h3-5,8-9,11-12,16,21H,6-7,10,13-15,17H2,1-2H3/t21-/m0/s1. The molecule has 168 valence electrons. The van der Waals surface area contributed by atoms with Crippen LogP contribution >= 0.6 is 0 Å². The number of imide groups is 1. The van der Waals surface area contributed by atoms with E-state index in [9.17, 15) is 14.4 Å². The molecule has 2 saturated heterocycles. The number of unbranched alkanes of at least 4 members (excludes halogenated alkanes) is 1. The molecule has 0 saturated carbocycles. The number of aryl methyl sites for hydroxylation is 2. The second-order valence-electron chi connectivity index (χ2n) is 8.42. The van der Waals surface area contributed by atoms with Crippen molar-refractivity contribution in [3.63, 3.8) is 0 Å². The first-order valence-electron chi connectivity index (χ1n) is 11.1. The molecule has 4 amide bonds. The zero-order valence-corrected chi connectivity index (χ0v) is 18.6. The Morgan fingerprint density at radius 2 is 1.81 bits per heavy atom. The maximum Gasteiger partial charge on any atom is 0.332 e. The van der Waals surface area contributed by atoms with E-state index in [1.165, 1.54) is 4.90 Å². The van der Waals surface area contributed by atoms with Gasteiger partial charge in [-0.05, 0) is 56.0 Å². The molecule has 0 aliphatic carbocycles. The van der Waals surface area contributed by atoms with E-state index in [0.717, 1.165) is 29.7 Å². The number of amides is 4. The van der Waals surface area contributed by atoms with Crippen molar-refractivity contribution in [3.05, 3.63) is 59.7 Å². The summed E-state index contributed by atoms with van der Waals surface area (Å²) < 4.78 is 5.86. The number of benzene rings is 2. The molecule has 7 heteroatoms. The molecule has 7 nitrogen and oxygen atoms in total. The Morgan fingerprint density at radius 1 is 1.03 bits per heavy atom. The fourth-order valence-electron chi connectivity index (χ4n) is 4.22. The number of nitrogens with zero attached hydrogens (tertiary/aromatic N) is 3. The van der Waals surface area contributed by atoms with Gasteiger partial charge in [0.15, 0.2) is 0 Å². The van der Waals surface area contributed by atoms with Gasteiger partial charge in [-0.3, -0.25) is 9.59 Å². The normalized spacial score (nSPS) is 18.2. The summed E-state index contributed by atoms with van der Waals surface area (Å²) >= 11 is 0. The molecule has 4 rings (SSSR count). The number of anilines is 1. The van der Waals surface area contributed by atoms with Gasteiger partial charge in [-0.1, -0.05) is 30.3 Å². The molecular weight excluding hydrogens is 406 g/mol. The lowest BCUT2D eigenvalue weighted by Crippen LogP contribution is -2.54. The molecule has 2 fully saturated rings. The van der Waals surface area contributed by atoms with Gasteiger partial charge in [-0.15, -0.1) is 0 Å². The number of rotatable bonds is 7. The van der Waals surface area contributed by atoms with Crippen LogP contribution in [0.3, 0.4) is 0 Å². The van der Waals surface area contributed by atoms with Crippen LogP contribution in [-0.2, 0) is 9.59 Å². The topological polar surface area (TPSA) is 70.2 Å². The molecule has 0 spiro atoms. The van der Waals surface area contributed by atoms with Gasteiger partial charge in [-0.2, -0.15) is 0 Å². The van der Waals surface area contributed by atoms with Crippen LogP contribution in [0.1, 0.15) is 30.4 Å². The number of hydrogen-bond acceptors (Lipinski definition) is 4. The SMILES string of the molecule is Cc1ccc(C)c(OCCCCC(=O)N2CCN3C(=O)N(c4ccccc4)C(=O)[C@@H]3C2)c1. The Bertz CT molecular complexity index is 1010. The van der Waals surface area contributed by atoms with Crippen molar-refractivity contribution in [2.75, 3.05) is 31.1 Å². The maximum absolute atomic E-state index is 12.9. The van der Waals surface area contributed by atoms with Crippen LogP contribution in [0.5, 0.6) is 5.75 Å². The summed E-state index contributed by atoms with van der Waals surface area (Å²) in [6, 6.07) is 14.2. The van der Waals surface area contributed by atoms with Gasteiger partial charge < -0.3 is 14.5 Å². The van der Waals surface area contributed by atoms with E-state index in [-0.39, 0.29) is 24.4 Å². The monoisotopic (exact) mass is 435 g/mol. The Morgan fingerprint density at radius 3 is 2.59 bits per heavy atom. The number of fused-ring (bicyclic) bond motifs is 1. The Kier molecular flexibility index (Phi) is 6.44. The first-order chi connectivity index (χ1) is 15.5. The molecule has 1 atom stereocenters. The molecule has 0 unspecified atom stereocenters. The van der Waals surface area contributed by atoms with E-state index in [1.54, 1.807) is 34.1 Å². The molecular formula is C25H29N3O4. The minimum absolute atomic E-state index is 0.0230. The number of piperazine rings is 1. The highest BCUT2D eigenvalue weighted by Crippen LogP contribution is 2.27. The number of ether oxygens (including phenoxy) is 1. The number of para-hydroxylation sites is 1. The van der Waals surface area contributed by atoms with E-state index in [1.807, 2.05) is 32.0 Å². The summed E-state index contributed by atoms with van der Waals surface area (Å²) in [5.41, 5.74) is 2.83. The average Bonchev–Trinajstić information content (AvgIpc) is 3.05. The highest BCUT2D eigenvalue weighted by molar-refractivity contribution is 6.21. The first kappa shape index (κ1) is 21.9. The summed E-state index contributed by atoms with van der Waals surface area (Å²) in [5, 5.41) is 0. The van der Waals surface area contributed by atoms with Gasteiger partial charge in [0.1, 0.15) is 11.8 Å². The van der Waals surface area contributed by atoms with Gasteiger partial charge in [0.2, 0.25) is 5.91 Å². The van der Waals surface area contributed by atoms with E-state index in [2.05, 4.69) is 6.07 Å². The summed E-state index contributed by atoms with van der Waals surface area (Å²) in [6.07, 6.45) is 1.91. The van der Waals surface area contributed by atoms with Gasteiger partial charge in [0, 0.05) is 19.5 Å². The smallest absolute Gasteiger partial charge is 0.332 e. The van der Waals surface area contributed by atoms with Crippen molar-refractivity contribution < 1.29 is 19.1 Å². The summed E-state index contributed by atoms with van der Waals surface area (Å²) in [7, 11) is 0. The van der Waals surface area contributed by atoms with Crippen LogP contribution < -0.4 is 9.64 Å². The van der Waals surface area contributed by atoms with Crippen molar-refractivity contribution in [1.82, 2.24) is 9.80 Å². The summed E-state index contributed by atoms with van der Waals surface area (Å²) in [5.74, 6) is 0.648. The molecule has 32 heavy (non-hydrogen) atoms. The Labute approximate surface area is 188 Å². The molecule has 2 aliphatic rings. The number of carbonyl (C=O) groups is 3. The van der Waals surface area contributed by atoms with Crippen LogP contribution in [0.2, 0.25) is 0 Å². The largest absolute Gasteiger partial charge is 0.493 e. The summed E-state index contributed by atoms with van der Waals surface area (Å²) in [6.45, 7) is 5.70. The molecule has 2 heterocycles. The second-order valence-corrected chi connectivity index (χ2v) is 8.42. The third-order valence-electron chi connectivity index (χ3n) is 6.08. The lowest BCUT2D eigenvalue weighted by molar-refractivity contribution is -0.135. The van der Waals surface area contributed by atoms with Gasteiger partial charge in [0.05, 0.1) is 18.8 Å². The van der Waals surface area contributed by atoms with Crippen LogP contribution in [-0.4, -0.2) is 59.9 Å². The number of carbonyl (C=O) groups excluding carboxylic acids is 3. The van der Waals surface area contributed by atoms with Crippen molar-refractivity contribution >= 4 is 23.5 Å². The van der Waals surface area contributed by atoms with Crippen LogP contribution in [0.15, 0.2) is 48.5 Å². The molecule has 0 radical (unpaired) electrons. The summed E-state index contributed by atoms with van der Waals surface area (Å²) in [4.78, 5) is 42.9. The molecule has 0 N–H and O–H groups in total. The molecule has 2 aromatic rings. The fourth-order valence-corrected chi connectivity index (χ4v) is 4.22. The van der Waals surface area contributed by atoms with E-state index in [0.29, 0.717) is 31.8 Å². The molecule has 0 bridgehead atoms. The molecule has 2 aliphatic heterocycles. The van der Waals surface area contributed by atoms with Crippen molar-refractivity contribution in [3.8, 4) is 5.75 Å². The van der Waals surface area contributed by atoms with E-state index >= 15 is 0 Å². The van der Waals surface area contributed by atoms with Crippen LogP contribution in [0, 0.1) is 13.8 Å². The predicted molar refractivity (Wildman–Crippen MR) is 122 cm³/mol. The third kappa shape index (κ3) is 4.47. The fraction of sp³-hybridized carbons (Fsp3) is 0.400. The first-order valence-corrected chi connectivity index (χ1v) is 11.1. The molecule has 2 aromatic carbocycles. The quantitative estimate of drug-likeness (QED) is 0.493. The zero-order chi connectivity index (χ0) is 22.7. The number of hydrogen-bond donors (Lipinski definition) is 0. The molecule has 0 aromatic heterocycles. The predicted octanol–water partition coefficient (Wildman–Crippen LogP) is 3.53. The maximum atomic E-state index is 12.9. The van der Waals surface area contributed by atoms with Crippen molar-refractivity contribution in [1.29, 1.82) is 0 Å². The Balaban J connectivity index is 1.26. The van der Waals surface area contributed by atoms with Crippen LogP contribution in [0.25, 0.3) is 0 Å². The Hall–Kier alpha value is -3.35. The van der Waals surface area contributed by atoms with Crippen LogP contribution in [0.4, 0.5) is 10.5 Å². The minimum atomic E-state index is -0.604. The number of urea groups is 1.